The highest BCUT2D eigenvalue weighted by Gasteiger charge is 2.33. The van der Waals surface area contributed by atoms with Crippen molar-refractivity contribution in [3.8, 4) is 0 Å². The fourth-order valence-corrected chi connectivity index (χ4v) is 3.74. The number of carbonyl (C=O) groups excluding carboxylic acids is 2. The van der Waals surface area contributed by atoms with Crippen LogP contribution in [0.4, 0.5) is 0 Å². The predicted octanol–water partition coefficient (Wildman–Crippen LogP) is 1.81. The molecule has 0 heterocycles. The van der Waals surface area contributed by atoms with E-state index in [4.69, 9.17) is 5.84 Å². The smallest absolute Gasteiger partial charge is 0.326 e. The lowest BCUT2D eigenvalue weighted by Gasteiger charge is -2.29. The Bertz CT molecular complexity index is 1060. The summed E-state index contributed by atoms with van der Waals surface area (Å²) in [5.74, 6) is 1.39. The molecule has 192 valence electrons. The number of nitrogens with zero attached hydrogens (tertiary/aromatic N) is 2. The van der Waals surface area contributed by atoms with Crippen LogP contribution in [0.2, 0.25) is 0 Å². The third-order valence-electron chi connectivity index (χ3n) is 5.71. The topological polar surface area (TPSA) is 162 Å². The van der Waals surface area contributed by atoms with Crippen LogP contribution in [0.3, 0.4) is 0 Å². The Morgan fingerprint density at radius 2 is 1.67 bits per heavy atom. The molecule has 0 radical (unpaired) electrons. The molecule has 0 fully saturated rings. The van der Waals surface area contributed by atoms with E-state index in [9.17, 15) is 29.4 Å². The van der Waals surface area contributed by atoms with E-state index in [-0.39, 0.29) is 12.8 Å². The average molecular weight is 497 g/mol. The number of rotatable bonds is 14. The zero-order valence-corrected chi connectivity index (χ0v) is 20.2. The number of aliphatic carboxylic acids is 2. The number of benzene rings is 2. The molecular weight excluding hydrogens is 464 g/mol. The molecule has 0 saturated carbocycles. The molecule has 10 nitrogen and oxygen atoms in total. The van der Waals surface area contributed by atoms with Crippen molar-refractivity contribution in [1.82, 2.24) is 10.2 Å². The summed E-state index contributed by atoms with van der Waals surface area (Å²) in [5.41, 5.74) is 2.68. The minimum absolute atomic E-state index is 0.0478. The molecule has 2 amide bonds. The first-order chi connectivity index (χ1) is 17.2. The minimum atomic E-state index is -1.37. The lowest BCUT2D eigenvalue weighted by Crippen LogP contribution is -2.53. The number of hydrogen-bond donors (Lipinski definition) is 4. The second kappa shape index (κ2) is 14.2. The highest BCUT2D eigenvalue weighted by Crippen LogP contribution is 2.12. The molecule has 36 heavy (non-hydrogen) atoms. The zero-order valence-electron chi connectivity index (χ0n) is 20.2. The molecule has 2 atom stereocenters. The molecule has 0 aliphatic heterocycles. The summed E-state index contributed by atoms with van der Waals surface area (Å²) in [6.07, 6.45) is 3.05. The van der Waals surface area contributed by atoms with Crippen molar-refractivity contribution in [2.24, 2.45) is 10.9 Å². The molecular formula is C26H32N4O6. The van der Waals surface area contributed by atoms with Crippen molar-refractivity contribution in [3.05, 3.63) is 71.3 Å². The monoisotopic (exact) mass is 496 g/mol. The quantitative estimate of drug-likeness (QED) is 0.134. The van der Waals surface area contributed by atoms with E-state index in [0.717, 1.165) is 22.4 Å². The molecule has 5 N–H and O–H groups in total. The molecule has 2 aromatic rings. The Labute approximate surface area is 209 Å². The van der Waals surface area contributed by atoms with Crippen molar-refractivity contribution < 1.29 is 29.4 Å². The molecule has 0 aromatic heterocycles. The SMILES string of the molecule is CN(C(=O)[C@H](CC(=O)O)NC(=O)CCCCc1ccc(C=NN)cc1)[C@@H](Cc1ccccc1)C(=O)O. The van der Waals surface area contributed by atoms with E-state index in [1.807, 2.05) is 24.3 Å². The van der Waals surface area contributed by atoms with Crippen molar-refractivity contribution >= 4 is 30.0 Å². The number of aryl methyl sites for hydroxylation is 1. The fourth-order valence-electron chi connectivity index (χ4n) is 3.74. The summed E-state index contributed by atoms with van der Waals surface area (Å²) in [4.78, 5) is 49.7. The molecule has 0 aliphatic carbocycles. The number of amides is 2. The highest BCUT2D eigenvalue weighted by molar-refractivity contribution is 5.92. The third-order valence-corrected chi connectivity index (χ3v) is 5.71. The van der Waals surface area contributed by atoms with Crippen molar-refractivity contribution in [1.29, 1.82) is 0 Å². The number of carboxylic acids is 2. The van der Waals surface area contributed by atoms with Crippen LogP contribution < -0.4 is 11.2 Å². The number of unbranched alkanes of at least 4 members (excludes halogenated alkanes) is 1. The Balaban J connectivity index is 1.93. The summed E-state index contributed by atoms with van der Waals surface area (Å²) >= 11 is 0. The molecule has 0 saturated heterocycles. The number of likely N-dealkylation sites (N-methyl/N-ethyl adjacent to an activating group) is 1. The standard InChI is InChI=1S/C26H32N4O6/c1-30(22(26(35)36)15-19-8-3-2-4-9-19)25(34)21(16-24(32)33)29-23(31)10-6-5-7-18-11-13-20(14-12-18)17-28-27/h2-4,8-9,11-14,17,21-22H,5-7,10,15-16,27H2,1H3,(H,29,31)(H,32,33)(H,35,36)/t21-,22-/m0/s1. The third kappa shape index (κ3) is 9.21. The summed E-state index contributed by atoms with van der Waals surface area (Å²) in [6, 6.07) is 13.9. The van der Waals surface area contributed by atoms with Gasteiger partial charge in [0.1, 0.15) is 12.1 Å². The molecule has 0 bridgehead atoms. The number of hydrazone groups is 1. The first kappa shape index (κ1) is 28.0. The van der Waals surface area contributed by atoms with Crippen LogP contribution in [-0.4, -0.2) is 64.2 Å². The Kier molecular flexibility index (Phi) is 11.1. The van der Waals surface area contributed by atoms with Gasteiger partial charge in [-0.3, -0.25) is 14.4 Å². The summed E-state index contributed by atoms with van der Waals surface area (Å²) in [6.45, 7) is 0. The van der Waals surface area contributed by atoms with Crippen molar-refractivity contribution in [2.75, 3.05) is 7.05 Å². The largest absolute Gasteiger partial charge is 0.481 e. The molecule has 10 heteroatoms. The Morgan fingerprint density at radius 3 is 2.25 bits per heavy atom. The maximum absolute atomic E-state index is 13.0. The fraction of sp³-hybridized carbons (Fsp3) is 0.346. The number of nitrogens with two attached hydrogens (primary N) is 1. The lowest BCUT2D eigenvalue weighted by atomic mass is 10.0. The summed E-state index contributed by atoms with van der Waals surface area (Å²) < 4.78 is 0. The minimum Gasteiger partial charge on any atom is -0.481 e. The summed E-state index contributed by atoms with van der Waals surface area (Å²) in [5, 5.41) is 24.9. The van der Waals surface area contributed by atoms with Crippen molar-refractivity contribution in [2.45, 2.75) is 50.6 Å². The van der Waals surface area contributed by atoms with E-state index in [0.29, 0.717) is 18.4 Å². The van der Waals surface area contributed by atoms with Gasteiger partial charge in [0.25, 0.3) is 0 Å². The number of carbonyl (C=O) groups is 4. The van der Waals surface area contributed by atoms with E-state index in [1.165, 1.54) is 7.05 Å². The van der Waals surface area contributed by atoms with Gasteiger partial charge in [-0.05, 0) is 36.0 Å². The van der Waals surface area contributed by atoms with Gasteiger partial charge in [0.15, 0.2) is 0 Å². The van der Waals surface area contributed by atoms with Gasteiger partial charge in [0, 0.05) is 19.9 Å². The van der Waals surface area contributed by atoms with Gasteiger partial charge in [-0.2, -0.15) is 5.10 Å². The molecule has 2 aromatic carbocycles. The summed E-state index contributed by atoms with van der Waals surface area (Å²) in [7, 11) is 1.30. The normalized spacial score (nSPS) is 12.6. The Hall–Kier alpha value is -4.21. The predicted molar refractivity (Wildman–Crippen MR) is 134 cm³/mol. The van der Waals surface area contributed by atoms with E-state index in [2.05, 4.69) is 10.4 Å². The van der Waals surface area contributed by atoms with Crippen LogP contribution in [0.15, 0.2) is 59.7 Å². The van der Waals surface area contributed by atoms with Gasteiger partial charge in [0.05, 0.1) is 12.6 Å². The van der Waals surface area contributed by atoms with Crippen LogP contribution in [-0.2, 0) is 32.0 Å². The lowest BCUT2D eigenvalue weighted by molar-refractivity contribution is -0.151. The first-order valence-electron chi connectivity index (χ1n) is 11.6. The second-order valence-corrected chi connectivity index (χ2v) is 8.44. The zero-order chi connectivity index (χ0) is 26.5. The maximum Gasteiger partial charge on any atom is 0.326 e. The molecule has 2 rings (SSSR count). The van der Waals surface area contributed by atoms with Gasteiger partial charge in [0.2, 0.25) is 11.8 Å². The van der Waals surface area contributed by atoms with E-state index >= 15 is 0 Å². The van der Waals surface area contributed by atoms with Crippen molar-refractivity contribution in [3.63, 3.8) is 0 Å². The van der Waals surface area contributed by atoms with Gasteiger partial charge in [-0.15, -0.1) is 0 Å². The number of hydrogen-bond acceptors (Lipinski definition) is 6. The number of carboxylic acid groups (broad SMARTS) is 2. The van der Waals surface area contributed by atoms with Crippen LogP contribution in [0.1, 0.15) is 42.4 Å². The molecule has 0 spiro atoms. The number of nitrogens with one attached hydrogen (secondary N) is 1. The first-order valence-corrected chi connectivity index (χ1v) is 11.6. The highest BCUT2D eigenvalue weighted by atomic mass is 16.4. The van der Waals surface area contributed by atoms with Gasteiger partial charge in [-0.1, -0.05) is 54.6 Å². The van der Waals surface area contributed by atoms with Gasteiger partial charge >= 0.3 is 11.9 Å². The van der Waals surface area contributed by atoms with Crippen LogP contribution in [0, 0.1) is 0 Å². The second-order valence-electron chi connectivity index (χ2n) is 8.44. The maximum atomic E-state index is 13.0. The Morgan fingerprint density at radius 1 is 1.00 bits per heavy atom. The van der Waals surface area contributed by atoms with Crippen LogP contribution >= 0.6 is 0 Å². The average Bonchev–Trinajstić information content (AvgIpc) is 2.85. The van der Waals surface area contributed by atoms with Gasteiger partial charge < -0.3 is 26.3 Å². The molecule has 0 aliphatic rings. The van der Waals surface area contributed by atoms with Crippen LogP contribution in [0.5, 0.6) is 0 Å². The molecule has 0 unspecified atom stereocenters. The van der Waals surface area contributed by atoms with Crippen LogP contribution in [0.25, 0.3) is 0 Å². The van der Waals surface area contributed by atoms with E-state index < -0.39 is 42.3 Å². The van der Waals surface area contributed by atoms with Gasteiger partial charge in [-0.25, -0.2) is 4.79 Å². The van der Waals surface area contributed by atoms with E-state index in [1.54, 1.807) is 36.5 Å².